The number of allylic oxidation sites excluding steroid dienone is 2. The highest BCUT2D eigenvalue weighted by molar-refractivity contribution is 5.75. The Morgan fingerprint density at radius 1 is 1.31 bits per heavy atom. The van der Waals surface area contributed by atoms with E-state index in [1.165, 1.54) is 31.4 Å². The lowest BCUT2D eigenvalue weighted by Crippen LogP contribution is -2.84. The molecule has 0 unspecified atom stereocenters. The van der Waals surface area contributed by atoms with Gasteiger partial charge in [0.25, 0.3) is 0 Å². The molecule has 0 aromatic heterocycles. The van der Waals surface area contributed by atoms with Crippen molar-refractivity contribution in [3.63, 3.8) is 0 Å². The smallest absolute Gasteiger partial charge is 0.315 e. The molecule has 3 nitrogen and oxygen atoms in total. The minimum atomic E-state index is -0.211. The number of halogens is 1. The molecule has 4 rings (SSSR count). The number of hydrogen-bond acceptors (Lipinski definition) is 2. The molecule has 2 fully saturated rings. The van der Waals surface area contributed by atoms with Crippen molar-refractivity contribution in [2.24, 2.45) is 17.3 Å². The molecule has 1 aliphatic heterocycles. The van der Waals surface area contributed by atoms with Gasteiger partial charge in [0.05, 0.1) is 6.54 Å². The van der Waals surface area contributed by atoms with Gasteiger partial charge in [0.15, 0.2) is 0 Å². The molecule has 1 aromatic rings. The first kappa shape index (κ1) is 17.7. The lowest BCUT2D eigenvalue weighted by atomic mass is 9.59. The van der Waals surface area contributed by atoms with Gasteiger partial charge in [0.1, 0.15) is 24.4 Å². The van der Waals surface area contributed by atoms with Crippen LogP contribution in [0.15, 0.2) is 35.4 Å². The van der Waals surface area contributed by atoms with Crippen molar-refractivity contribution in [1.29, 1.82) is 0 Å². The molecule has 1 saturated carbocycles. The molecule has 2 aliphatic carbocycles. The highest BCUT2D eigenvalue weighted by Crippen LogP contribution is 2.54. The Bertz CT molecular complexity index is 726. The zero-order chi connectivity index (χ0) is 18.3. The maximum Gasteiger partial charge on any atom is 0.315 e. The van der Waals surface area contributed by atoms with Crippen molar-refractivity contribution in [2.45, 2.75) is 58.6 Å². The zero-order valence-electron chi connectivity index (χ0n) is 15.8. The third-order valence-corrected chi connectivity index (χ3v) is 6.89. The molecule has 2 N–H and O–H groups in total. The largest absolute Gasteiger partial charge is 0.462 e. The minimum Gasteiger partial charge on any atom is -0.462 e. The molecule has 1 aromatic carbocycles. The first-order valence-corrected chi connectivity index (χ1v) is 9.92. The number of rotatable bonds is 4. The summed E-state index contributed by atoms with van der Waals surface area (Å²) in [6.07, 6.45) is 5.79. The summed E-state index contributed by atoms with van der Waals surface area (Å²) in [5.41, 5.74) is 4.46. The number of benzene rings is 1. The van der Waals surface area contributed by atoms with E-state index in [4.69, 9.17) is 4.74 Å². The summed E-state index contributed by atoms with van der Waals surface area (Å²) in [7, 11) is 0. The number of ether oxygens (including phenoxy) is 1. The number of carbonyl (C=O) groups excluding carboxylic acids is 1. The maximum atomic E-state index is 13.0. The average molecular weight is 358 g/mol. The number of quaternary nitrogens is 1. The summed E-state index contributed by atoms with van der Waals surface area (Å²) >= 11 is 0. The van der Waals surface area contributed by atoms with Crippen molar-refractivity contribution < 1.29 is 19.2 Å². The predicted molar refractivity (Wildman–Crippen MR) is 97.6 cm³/mol. The van der Waals surface area contributed by atoms with Crippen LogP contribution in [0, 0.1) is 23.1 Å². The molecule has 0 bridgehead atoms. The molecule has 140 valence electrons. The summed E-state index contributed by atoms with van der Waals surface area (Å²) < 4.78 is 18.8. The molecular weight excluding hydrogens is 329 g/mol. The Hall–Kier alpha value is -1.68. The van der Waals surface area contributed by atoms with E-state index in [-0.39, 0.29) is 29.2 Å². The van der Waals surface area contributed by atoms with Crippen LogP contribution in [0.1, 0.15) is 51.5 Å². The molecule has 0 amide bonds. The molecule has 0 spiro atoms. The highest BCUT2D eigenvalue weighted by atomic mass is 19.1. The molecule has 26 heavy (non-hydrogen) atoms. The van der Waals surface area contributed by atoms with E-state index >= 15 is 0 Å². The van der Waals surface area contributed by atoms with E-state index in [0.29, 0.717) is 5.92 Å². The van der Waals surface area contributed by atoms with E-state index in [9.17, 15) is 9.18 Å². The molecular formula is C22H29FNO2+. The van der Waals surface area contributed by atoms with Gasteiger partial charge in [-0.2, -0.15) is 0 Å². The topological polar surface area (TPSA) is 42.9 Å². The minimum absolute atomic E-state index is 0.0177. The van der Waals surface area contributed by atoms with Gasteiger partial charge in [-0.3, -0.25) is 4.79 Å². The van der Waals surface area contributed by atoms with Crippen LogP contribution in [0.4, 0.5) is 4.39 Å². The Morgan fingerprint density at radius 2 is 2.08 bits per heavy atom. The quantitative estimate of drug-likeness (QED) is 0.663. The first-order valence-electron chi connectivity index (χ1n) is 9.92. The molecule has 0 radical (unpaired) electrons. The van der Waals surface area contributed by atoms with Crippen molar-refractivity contribution >= 4 is 5.97 Å². The fourth-order valence-electron chi connectivity index (χ4n) is 5.43. The molecule has 3 aliphatic rings. The summed E-state index contributed by atoms with van der Waals surface area (Å²) in [6.45, 7) is 6.16. The van der Waals surface area contributed by atoms with Gasteiger partial charge in [-0.1, -0.05) is 30.2 Å². The molecule has 4 atom stereocenters. The fraction of sp³-hybridized carbons (Fsp3) is 0.591. The number of hydrogen-bond donors (Lipinski definition) is 1. The second-order valence-corrected chi connectivity index (χ2v) is 8.68. The second-order valence-electron chi connectivity index (χ2n) is 8.68. The highest BCUT2D eigenvalue weighted by Gasteiger charge is 2.53. The monoisotopic (exact) mass is 358 g/mol. The van der Waals surface area contributed by atoms with Crippen molar-refractivity contribution in [3.8, 4) is 0 Å². The van der Waals surface area contributed by atoms with Crippen molar-refractivity contribution in [2.75, 3.05) is 6.54 Å². The Balaban J connectivity index is 1.43. The van der Waals surface area contributed by atoms with E-state index in [1.54, 1.807) is 11.1 Å². The zero-order valence-corrected chi connectivity index (χ0v) is 15.8. The van der Waals surface area contributed by atoms with Crippen LogP contribution in [0.25, 0.3) is 0 Å². The third kappa shape index (κ3) is 3.20. The van der Waals surface area contributed by atoms with E-state index < -0.39 is 0 Å². The molecule has 1 heterocycles. The number of carbonyl (C=O) groups is 1. The van der Waals surface area contributed by atoms with Crippen LogP contribution in [0.2, 0.25) is 0 Å². The average Bonchev–Trinajstić information content (AvgIpc) is 2.89. The van der Waals surface area contributed by atoms with Crippen molar-refractivity contribution in [1.82, 2.24) is 0 Å². The van der Waals surface area contributed by atoms with Crippen molar-refractivity contribution in [3.05, 3.63) is 46.8 Å². The number of fused-ring (bicyclic) bond motifs is 2. The van der Waals surface area contributed by atoms with Gasteiger partial charge in [0.2, 0.25) is 0 Å². The van der Waals surface area contributed by atoms with Crippen LogP contribution in [0.5, 0.6) is 0 Å². The van der Waals surface area contributed by atoms with E-state index in [2.05, 4.69) is 19.2 Å². The lowest BCUT2D eigenvalue weighted by molar-refractivity contribution is -0.675. The summed E-state index contributed by atoms with van der Waals surface area (Å²) in [5.74, 6) is 0.0727. The van der Waals surface area contributed by atoms with Gasteiger partial charge < -0.3 is 10.1 Å². The van der Waals surface area contributed by atoms with Crippen LogP contribution in [0.3, 0.4) is 0 Å². The Labute approximate surface area is 155 Å². The molecule has 4 heteroatoms. The summed E-state index contributed by atoms with van der Waals surface area (Å²) in [4.78, 5) is 12.5. The number of esters is 1. The van der Waals surface area contributed by atoms with Gasteiger partial charge in [-0.05, 0) is 56.6 Å². The summed E-state index contributed by atoms with van der Waals surface area (Å²) in [5, 5.41) is 2.16. The maximum absolute atomic E-state index is 13.0. The standard InChI is InChI=1S/C22H28FNO2/c1-14-4-3-9-22(2)11-20-17(10-19(14)22)18(21(25)26-20)13-24-12-15-5-7-16(23)8-6-15/h5-8,17-18,20,24H,3-4,9-13H2,1-2H3/p+1/t17-,18+,20-,22+/m1/s1. The SMILES string of the molecule is CC1=C2C[C@@H]3[C@H](C[NH2+]Cc4ccc(F)cc4)C(=O)O[C@@H]3C[C@]2(C)CCC1. The predicted octanol–water partition coefficient (Wildman–Crippen LogP) is 3.35. The normalized spacial score (nSPS) is 33.7. The Morgan fingerprint density at radius 3 is 2.85 bits per heavy atom. The van der Waals surface area contributed by atoms with Crippen LogP contribution < -0.4 is 5.32 Å². The summed E-state index contributed by atoms with van der Waals surface area (Å²) in [6, 6.07) is 6.60. The van der Waals surface area contributed by atoms with Crippen LogP contribution in [-0.2, 0) is 16.1 Å². The van der Waals surface area contributed by atoms with Crippen LogP contribution >= 0.6 is 0 Å². The first-order chi connectivity index (χ1) is 12.5. The third-order valence-electron chi connectivity index (χ3n) is 6.89. The number of nitrogens with two attached hydrogens (primary N) is 1. The van der Waals surface area contributed by atoms with Crippen LogP contribution in [-0.4, -0.2) is 18.6 Å². The lowest BCUT2D eigenvalue weighted by Gasteiger charge is -2.45. The fourth-order valence-corrected chi connectivity index (χ4v) is 5.43. The van der Waals surface area contributed by atoms with Gasteiger partial charge in [0, 0.05) is 11.5 Å². The van der Waals surface area contributed by atoms with E-state index in [0.717, 1.165) is 31.5 Å². The second kappa shape index (κ2) is 6.80. The van der Waals surface area contributed by atoms with E-state index in [1.807, 2.05) is 12.1 Å². The molecule has 1 saturated heterocycles. The van der Waals surface area contributed by atoms with Gasteiger partial charge in [-0.15, -0.1) is 0 Å². The van der Waals surface area contributed by atoms with Gasteiger partial charge >= 0.3 is 5.97 Å². The Kier molecular flexibility index (Phi) is 4.64. The van der Waals surface area contributed by atoms with Gasteiger partial charge in [-0.25, -0.2) is 4.39 Å².